The van der Waals surface area contributed by atoms with Gasteiger partial charge in [-0.05, 0) is 0 Å². The predicted molar refractivity (Wildman–Crippen MR) is 66.5 cm³/mol. The third-order valence-electron chi connectivity index (χ3n) is 2.57. The molecule has 8 heteroatoms. The zero-order chi connectivity index (χ0) is 12.4. The lowest BCUT2D eigenvalue weighted by atomic mass is 10.4. The summed E-state index contributed by atoms with van der Waals surface area (Å²) in [5.41, 5.74) is 1.01. The van der Waals surface area contributed by atoms with Gasteiger partial charge in [0.1, 0.15) is 17.8 Å². The molecule has 94 valence electrons. The average molecular weight is 264 g/mol. The topological polar surface area (TPSA) is 80.1 Å². The number of rotatable bonds is 5. The minimum atomic E-state index is 0.626. The smallest absolute Gasteiger partial charge is 0.237 e. The van der Waals surface area contributed by atoms with E-state index in [1.807, 2.05) is 16.0 Å². The Morgan fingerprint density at radius 2 is 2.44 bits per heavy atom. The average Bonchev–Trinajstić information content (AvgIpc) is 3.06. The van der Waals surface area contributed by atoms with E-state index in [4.69, 9.17) is 4.74 Å². The van der Waals surface area contributed by atoms with Gasteiger partial charge in [-0.15, -0.1) is 11.3 Å². The van der Waals surface area contributed by atoms with Crippen molar-refractivity contribution in [3.8, 4) is 5.88 Å². The van der Waals surface area contributed by atoms with E-state index in [9.17, 15) is 0 Å². The van der Waals surface area contributed by atoms with Gasteiger partial charge in [-0.3, -0.25) is 9.50 Å². The molecule has 18 heavy (non-hydrogen) atoms. The normalized spacial score (nSPS) is 11.2. The van der Waals surface area contributed by atoms with Crippen LogP contribution in [0.5, 0.6) is 5.88 Å². The first-order chi connectivity index (χ1) is 8.88. The number of ether oxygens (including phenoxy) is 1. The summed E-state index contributed by atoms with van der Waals surface area (Å²) in [5, 5.41) is 11.9. The van der Waals surface area contributed by atoms with Crippen molar-refractivity contribution < 1.29 is 4.74 Å². The molecule has 3 rings (SSSR count). The van der Waals surface area contributed by atoms with Crippen molar-refractivity contribution >= 4 is 16.3 Å². The van der Waals surface area contributed by atoms with E-state index in [-0.39, 0.29) is 0 Å². The minimum absolute atomic E-state index is 0.626. The lowest BCUT2D eigenvalue weighted by Gasteiger charge is -2.03. The monoisotopic (exact) mass is 264 g/mol. The standard InChI is InChI=1S/C10H12N6OS/c1-17-9-7(16-2-3-18-10(16)14-9)4-11-5-8-12-6-13-15-8/h2-3,6,11H,4-5H2,1H3,(H,12,13,15). The number of imidazole rings is 1. The van der Waals surface area contributed by atoms with Gasteiger partial charge in [0.2, 0.25) is 5.88 Å². The molecule has 0 atom stereocenters. The number of thiazole rings is 1. The Kier molecular flexibility index (Phi) is 2.95. The highest BCUT2D eigenvalue weighted by atomic mass is 32.1. The summed E-state index contributed by atoms with van der Waals surface area (Å²) in [5.74, 6) is 1.46. The highest BCUT2D eigenvalue weighted by Gasteiger charge is 2.13. The van der Waals surface area contributed by atoms with E-state index in [2.05, 4.69) is 25.5 Å². The SMILES string of the molecule is COc1nc2sccn2c1CNCc1ncn[nH]1. The van der Waals surface area contributed by atoms with Crippen molar-refractivity contribution in [1.82, 2.24) is 29.9 Å². The number of aromatic nitrogens is 5. The second kappa shape index (κ2) is 4.75. The molecule has 0 aliphatic heterocycles. The Labute approximate surface area is 107 Å². The number of hydrogen-bond acceptors (Lipinski definition) is 6. The molecule has 0 aliphatic rings. The quantitative estimate of drug-likeness (QED) is 0.713. The molecule has 0 spiro atoms. The van der Waals surface area contributed by atoms with Crippen LogP contribution in [0.4, 0.5) is 0 Å². The fourth-order valence-electron chi connectivity index (χ4n) is 1.75. The predicted octanol–water partition coefficient (Wildman–Crippen LogP) is 0.812. The Bertz CT molecular complexity index is 628. The first kappa shape index (κ1) is 11.2. The third kappa shape index (κ3) is 1.95. The minimum Gasteiger partial charge on any atom is -0.480 e. The second-order valence-electron chi connectivity index (χ2n) is 3.66. The lowest BCUT2D eigenvalue weighted by molar-refractivity contribution is 0.392. The van der Waals surface area contributed by atoms with E-state index >= 15 is 0 Å². The molecule has 0 unspecified atom stereocenters. The molecule has 3 heterocycles. The van der Waals surface area contributed by atoms with Gasteiger partial charge in [0.05, 0.1) is 13.7 Å². The molecule has 7 nitrogen and oxygen atoms in total. The van der Waals surface area contributed by atoms with Gasteiger partial charge < -0.3 is 10.1 Å². The largest absolute Gasteiger partial charge is 0.480 e. The van der Waals surface area contributed by atoms with Crippen molar-refractivity contribution in [1.29, 1.82) is 0 Å². The van der Waals surface area contributed by atoms with Crippen LogP contribution in [0, 0.1) is 0 Å². The number of H-pyrrole nitrogens is 1. The summed E-state index contributed by atoms with van der Waals surface area (Å²) < 4.78 is 7.30. The summed E-state index contributed by atoms with van der Waals surface area (Å²) in [6.07, 6.45) is 3.48. The van der Waals surface area contributed by atoms with Crippen LogP contribution >= 0.6 is 11.3 Å². The number of fused-ring (bicyclic) bond motifs is 1. The summed E-state index contributed by atoms with van der Waals surface area (Å²) in [6.45, 7) is 1.28. The first-order valence-corrected chi connectivity index (χ1v) is 6.30. The fourth-order valence-corrected chi connectivity index (χ4v) is 2.48. The lowest BCUT2D eigenvalue weighted by Crippen LogP contribution is -2.15. The van der Waals surface area contributed by atoms with Crippen LogP contribution in [0.1, 0.15) is 11.5 Å². The maximum absolute atomic E-state index is 5.28. The fraction of sp³-hybridized carbons (Fsp3) is 0.300. The van der Waals surface area contributed by atoms with Crippen LogP contribution in [-0.4, -0.2) is 31.7 Å². The van der Waals surface area contributed by atoms with Crippen LogP contribution in [0.2, 0.25) is 0 Å². The van der Waals surface area contributed by atoms with Gasteiger partial charge in [0.15, 0.2) is 4.96 Å². The molecular weight excluding hydrogens is 252 g/mol. The van der Waals surface area contributed by atoms with Gasteiger partial charge in [0.25, 0.3) is 0 Å². The molecule has 0 fully saturated rings. The Morgan fingerprint density at radius 1 is 1.50 bits per heavy atom. The summed E-state index contributed by atoms with van der Waals surface area (Å²) in [7, 11) is 1.63. The Balaban J connectivity index is 1.74. The number of hydrogen-bond donors (Lipinski definition) is 2. The van der Waals surface area contributed by atoms with Gasteiger partial charge in [0, 0.05) is 18.1 Å². The van der Waals surface area contributed by atoms with Gasteiger partial charge in [-0.2, -0.15) is 10.1 Å². The maximum atomic E-state index is 5.28. The molecule has 0 saturated heterocycles. The number of methoxy groups -OCH3 is 1. The van der Waals surface area contributed by atoms with E-state index in [1.54, 1.807) is 18.4 Å². The van der Waals surface area contributed by atoms with E-state index in [0.717, 1.165) is 16.5 Å². The molecular formula is C10H12N6OS. The van der Waals surface area contributed by atoms with Crippen molar-refractivity contribution in [3.63, 3.8) is 0 Å². The third-order valence-corrected chi connectivity index (χ3v) is 3.32. The zero-order valence-corrected chi connectivity index (χ0v) is 10.6. The molecule has 0 aromatic carbocycles. The molecule has 0 saturated carbocycles. The Hall–Kier alpha value is -1.93. The van der Waals surface area contributed by atoms with Crippen LogP contribution in [0.25, 0.3) is 4.96 Å². The molecule has 0 aliphatic carbocycles. The molecule has 2 N–H and O–H groups in total. The Morgan fingerprint density at radius 3 is 3.22 bits per heavy atom. The highest BCUT2D eigenvalue weighted by molar-refractivity contribution is 7.15. The van der Waals surface area contributed by atoms with Crippen molar-refractivity contribution in [2.45, 2.75) is 13.1 Å². The van der Waals surface area contributed by atoms with Crippen molar-refractivity contribution in [2.75, 3.05) is 7.11 Å². The first-order valence-electron chi connectivity index (χ1n) is 5.42. The van der Waals surface area contributed by atoms with Gasteiger partial charge in [-0.25, -0.2) is 4.98 Å². The molecule has 3 aromatic rings. The molecule has 0 amide bonds. The van der Waals surface area contributed by atoms with Crippen LogP contribution in [-0.2, 0) is 13.1 Å². The molecule has 3 aromatic heterocycles. The van der Waals surface area contributed by atoms with Gasteiger partial charge >= 0.3 is 0 Å². The highest BCUT2D eigenvalue weighted by Crippen LogP contribution is 2.22. The summed E-state index contributed by atoms with van der Waals surface area (Å²) >= 11 is 1.58. The number of nitrogens with zero attached hydrogens (tertiary/aromatic N) is 4. The van der Waals surface area contributed by atoms with E-state index < -0.39 is 0 Å². The van der Waals surface area contributed by atoms with E-state index in [1.165, 1.54) is 6.33 Å². The maximum Gasteiger partial charge on any atom is 0.237 e. The van der Waals surface area contributed by atoms with Crippen LogP contribution < -0.4 is 10.1 Å². The van der Waals surface area contributed by atoms with E-state index in [0.29, 0.717) is 19.0 Å². The summed E-state index contributed by atoms with van der Waals surface area (Å²) in [6, 6.07) is 0. The number of aromatic amines is 1. The summed E-state index contributed by atoms with van der Waals surface area (Å²) in [4.78, 5) is 9.37. The van der Waals surface area contributed by atoms with Crippen molar-refractivity contribution in [3.05, 3.63) is 29.4 Å². The van der Waals surface area contributed by atoms with Crippen molar-refractivity contribution in [2.24, 2.45) is 0 Å². The van der Waals surface area contributed by atoms with Crippen LogP contribution in [0.3, 0.4) is 0 Å². The molecule has 0 radical (unpaired) electrons. The van der Waals surface area contributed by atoms with Gasteiger partial charge in [-0.1, -0.05) is 0 Å². The van der Waals surface area contributed by atoms with Crippen LogP contribution in [0.15, 0.2) is 17.9 Å². The number of nitrogens with one attached hydrogen (secondary N) is 2. The zero-order valence-electron chi connectivity index (χ0n) is 9.75. The second-order valence-corrected chi connectivity index (χ2v) is 4.53. The molecule has 0 bridgehead atoms.